The summed E-state index contributed by atoms with van der Waals surface area (Å²) >= 11 is 0. The van der Waals surface area contributed by atoms with Crippen molar-refractivity contribution in [3.05, 3.63) is 65.7 Å². The maximum absolute atomic E-state index is 13.0. The van der Waals surface area contributed by atoms with Crippen LogP contribution in [-0.2, 0) is 11.2 Å². The van der Waals surface area contributed by atoms with E-state index in [1.165, 1.54) is 0 Å². The van der Waals surface area contributed by atoms with Crippen LogP contribution in [0.5, 0.6) is 0 Å². The summed E-state index contributed by atoms with van der Waals surface area (Å²) in [5, 5.41) is 0. The van der Waals surface area contributed by atoms with Gasteiger partial charge in [0.05, 0.1) is 0 Å². The number of anilines is 1. The van der Waals surface area contributed by atoms with Crippen LogP contribution in [0.2, 0.25) is 0 Å². The Kier molecular flexibility index (Phi) is 9.18. The minimum atomic E-state index is 0. The summed E-state index contributed by atoms with van der Waals surface area (Å²) in [6, 6.07) is 17.4. The highest BCUT2D eigenvalue weighted by Gasteiger charge is 2.29. The predicted molar refractivity (Wildman–Crippen MR) is 124 cm³/mol. The molecule has 0 atom stereocenters. The lowest BCUT2D eigenvalue weighted by molar-refractivity contribution is -0.134. The Bertz CT molecular complexity index is 820. The summed E-state index contributed by atoms with van der Waals surface area (Å²) in [4.78, 5) is 29.6. The molecule has 2 aromatic rings. The van der Waals surface area contributed by atoms with E-state index in [1.807, 2.05) is 64.4 Å². The van der Waals surface area contributed by atoms with Crippen molar-refractivity contribution in [1.82, 2.24) is 9.80 Å². The number of carbonyl (C=O) groups is 2. The largest absolute Gasteiger partial charge is 0.399 e. The Morgan fingerprint density at radius 1 is 1.03 bits per heavy atom. The molecule has 0 radical (unpaired) electrons. The highest BCUT2D eigenvalue weighted by Crippen LogP contribution is 2.21. The summed E-state index contributed by atoms with van der Waals surface area (Å²) < 4.78 is 0. The molecule has 0 bridgehead atoms. The standard InChI is InChI=1S/C24H31N3O2.ClH/c1-2-16-27(23(28)13-12-19-8-6-7-11-22(19)25)21-14-17-26(18-15-21)24(29)20-9-4-3-5-10-20;/h3-11,21H,2,12-18,25H2,1H3;1H. The van der Waals surface area contributed by atoms with Gasteiger partial charge in [-0.25, -0.2) is 0 Å². The van der Waals surface area contributed by atoms with Gasteiger partial charge in [-0.3, -0.25) is 9.59 Å². The third-order valence-corrected chi connectivity index (χ3v) is 5.66. The molecule has 0 saturated carbocycles. The number of hydrogen-bond acceptors (Lipinski definition) is 3. The molecule has 162 valence electrons. The topological polar surface area (TPSA) is 66.6 Å². The first-order valence-electron chi connectivity index (χ1n) is 10.6. The van der Waals surface area contributed by atoms with Crippen LogP contribution in [0.25, 0.3) is 0 Å². The maximum atomic E-state index is 13.0. The van der Waals surface area contributed by atoms with E-state index in [4.69, 9.17) is 5.73 Å². The Labute approximate surface area is 185 Å². The first kappa shape index (κ1) is 23.7. The number of carbonyl (C=O) groups excluding carboxylic acids is 2. The molecule has 2 amide bonds. The third kappa shape index (κ3) is 5.99. The van der Waals surface area contributed by atoms with E-state index >= 15 is 0 Å². The molecule has 0 spiro atoms. The molecule has 1 aliphatic heterocycles. The molecule has 1 saturated heterocycles. The molecule has 1 fully saturated rings. The number of aryl methyl sites for hydroxylation is 1. The molecule has 0 aromatic heterocycles. The molecule has 0 unspecified atom stereocenters. The first-order chi connectivity index (χ1) is 14.1. The summed E-state index contributed by atoms with van der Waals surface area (Å²) in [7, 11) is 0. The molecular formula is C24H32ClN3O2. The number of nitrogens with two attached hydrogens (primary N) is 1. The zero-order valence-corrected chi connectivity index (χ0v) is 18.4. The summed E-state index contributed by atoms with van der Waals surface area (Å²) in [5.74, 6) is 0.264. The van der Waals surface area contributed by atoms with E-state index in [9.17, 15) is 9.59 Å². The van der Waals surface area contributed by atoms with Crippen LogP contribution in [0.15, 0.2) is 54.6 Å². The van der Waals surface area contributed by atoms with E-state index < -0.39 is 0 Å². The number of para-hydroxylation sites is 1. The quantitative estimate of drug-likeness (QED) is 0.672. The van der Waals surface area contributed by atoms with Gasteiger partial charge in [0, 0.05) is 43.3 Å². The molecule has 2 aromatic carbocycles. The fourth-order valence-electron chi connectivity index (χ4n) is 4.04. The number of likely N-dealkylation sites (tertiary alicyclic amines) is 1. The molecule has 6 heteroatoms. The first-order valence-corrected chi connectivity index (χ1v) is 10.6. The Morgan fingerprint density at radius 2 is 1.67 bits per heavy atom. The molecule has 0 aliphatic carbocycles. The molecule has 30 heavy (non-hydrogen) atoms. The normalized spacial score (nSPS) is 14.1. The van der Waals surface area contributed by atoms with Crippen LogP contribution < -0.4 is 5.73 Å². The van der Waals surface area contributed by atoms with Crippen LogP contribution >= 0.6 is 12.4 Å². The second-order valence-corrected chi connectivity index (χ2v) is 7.68. The van der Waals surface area contributed by atoms with Crippen molar-refractivity contribution in [2.75, 3.05) is 25.4 Å². The van der Waals surface area contributed by atoms with Crippen molar-refractivity contribution in [2.45, 2.75) is 45.1 Å². The lowest BCUT2D eigenvalue weighted by atomic mass is 10.0. The van der Waals surface area contributed by atoms with Gasteiger partial charge in [-0.2, -0.15) is 0 Å². The van der Waals surface area contributed by atoms with Crippen LogP contribution in [0.4, 0.5) is 5.69 Å². The second-order valence-electron chi connectivity index (χ2n) is 7.68. The van der Waals surface area contributed by atoms with Crippen molar-refractivity contribution in [3.8, 4) is 0 Å². The molecule has 2 N–H and O–H groups in total. The number of hydrogen-bond donors (Lipinski definition) is 1. The van der Waals surface area contributed by atoms with Gasteiger partial charge in [-0.05, 0) is 49.4 Å². The highest BCUT2D eigenvalue weighted by atomic mass is 35.5. The number of nitrogens with zero attached hydrogens (tertiary/aromatic N) is 2. The Hall–Kier alpha value is -2.53. The van der Waals surface area contributed by atoms with E-state index in [0.29, 0.717) is 25.9 Å². The molecule has 5 nitrogen and oxygen atoms in total. The van der Waals surface area contributed by atoms with Crippen LogP contribution in [-0.4, -0.2) is 47.3 Å². The van der Waals surface area contributed by atoms with Gasteiger partial charge in [-0.1, -0.05) is 43.3 Å². The zero-order valence-electron chi connectivity index (χ0n) is 17.6. The van der Waals surface area contributed by atoms with Gasteiger partial charge >= 0.3 is 0 Å². The van der Waals surface area contributed by atoms with E-state index in [2.05, 4.69) is 6.92 Å². The van der Waals surface area contributed by atoms with Gasteiger partial charge in [-0.15, -0.1) is 12.4 Å². The van der Waals surface area contributed by atoms with E-state index in [-0.39, 0.29) is 30.3 Å². The highest BCUT2D eigenvalue weighted by molar-refractivity contribution is 5.94. The van der Waals surface area contributed by atoms with Gasteiger partial charge in [0.15, 0.2) is 0 Å². The number of amides is 2. The lowest BCUT2D eigenvalue weighted by Crippen LogP contribution is -2.49. The number of nitrogen functional groups attached to an aromatic ring is 1. The van der Waals surface area contributed by atoms with Crippen molar-refractivity contribution < 1.29 is 9.59 Å². The Balaban J connectivity index is 0.00000320. The number of rotatable bonds is 7. The monoisotopic (exact) mass is 429 g/mol. The molecule has 1 aliphatic rings. The van der Waals surface area contributed by atoms with Gasteiger partial charge in [0.25, 0.3) is 5.91 Å². The number of halogens is 1. The second kappa shape index (κ2) is 11.6. The third-order valence-electron chi connectivity index (χ3n) is 5.66. The molecule has 3 rings (SSSR count). The zero-order chi connectivity index (χ0) is 20.6. The number of piperidine rings is 1. The van der Waals surface area contributed by atoms with Crippen LogP contribution in [0, 0.1) is 0 Å². The van der Waals surface area contributed by atoms with Crippen molar-refractivity contribution in [2.24, 2.45) is 0 Å². The summed E-state index contributed by atoms with van der Waals surface area (Å²) in [6.07, 6.45) is 3.73. The minimum Gasteiger partial charge on any atom is -0.399 e. The summed E-state index contributed by atoms with van der Waals surface area (Å²) in [6.45, 7) is 4.25. The van der Waals surface area contributed by atoms with Crippen molar-refractivity contribution in [1.29, 1.82) is 0 Å². The fraction of sp³-hybridized carbons (Fsp3) is 0.417. The van der Waals surface area contributed by atoms with E-state index in [1.54, 1.807) is 0 Å². The maximum Gasteiger partial charge on any atom is 0.253 e. The minimum absolute atomic E-state index is 0. The smallest absolute Gasteiger partial charge is 0.253 e. The van der Waals surface area contributed by atoms with Crippen LogP contribution in [0.3, 0.4) is 0 Å². The Morgan fingerprint density at radius 3 is 2.30 bits per heavy atom. The number of benzene rings is 2. The average molecular weight is 430 g/mol. The molecule has 1 heterocycles. The fourth-order valence-corrected chi connectivity index (χ4v) is 4.04. The van der Waals surface area contributed by atoms with Crippen LogP contribution in [0.1, 0.15) is 48.5 Å². The van der Waals surface area contributed by atoms with E-state index in [0.717, 1.165) is 42.6 Å². The lowest BCUT2D eigenvalue weighted by Gasteiger charge is -2.38. The SMILES string of the molecule is CCCN(C(=O)CCc1ccccc1N)C1CCN(C(=O)c2ccccc2)CC1.Cl. The van der Waals surface area contributed by atoms with Gasteiger partial charge in [0.1, 0.15) is 0 Å². The molecular weight excluding hydrogens is 398 g/mol. The van der Waals surface area contributed by atoms with Gasteiger partial charge < -0.3 is 15.5 Å². The van der Waals surface area contributed by atoms with Crippen molar-refractivity contribution in [3.63, 3.8) is 0 Å². The average Bonchev–Trinajstić information content (AvgIpc) is 2.77. The van der Waals surface area contributed by atoms with Gasteiger partial charge in [0.2, 0.25) is 5.91 Å². The summed E-state index contributed by atoms with van der Waals surface area (Å²) in [5.41, 5.74) is 8.52. The predicted octanol–water partition coefficient (Wildman–Crippen LogP) is 4.17. The van der Waals surface area contributed by atoms with Crippen molar-refractivity contribution >= 4 is 29.9 Å².